The lowest BCUT2D eigenvalue weighted by molar-refractivity contribution is 0.155. The van der Waals surface area contributed by atoms with Gasteiger partial charge < -0.3 is 5.11 Å². The minimum atomic E-state index is -0.706. The molecule has 4 nitrogen and oxygen atoms in total. The third-order valence-electron chi connectivity index (χ3n) is 4.50. The molecule has 0 saturated carbocycles. The molecule has 0 fully saturated rings. The van der Waals surface area contributed by atoms with Gasteiger partial charge in [-0.15, -0.1) is 11.3 Å². The molecule has 1 aliphatic carbocycles. The number of aliphatic hydroxyl groups excluding tert-OH is 1. The van der Waals surface area contributed by atoms with E-state index in [0.717, 1.165) is 35.0 Å². The molecule has 1 N–H and O–H groups in total. The van der Waals surface area contributed by atoms with Crippen molar-refractivity contribution < 1.29 is 5.11 Å². The maximum atomic E-state index is 12.8. The lowest BCUT2D eigenvalue weighted by Gasteiger charge is -2.13. The number of hydrogen-bond donors (Lipinski definition) is 1. The van der Waals surface area contributed by atoms with Gasteiger partial charge in [-0.1, -0.05) is 30.3 Å². The topological polar surface area (TPSA) is 55.1 Å². The van der Waals surface area contributed by atoms with Crippen LogP contribution in [0.5, 0.6) is 0 Å². The van der Waals surface area contributed by atoms with Crippen LogP contribution in [0.3, 0.4) is 0 Å². The third-order valence-corrected chi connectivity index (χ3v) is 5.70. The monoisotopic (exact) mass is 326 g/mol. The lowest BCUT2D eigenvalue weighted by Crippen LogP contribution is -2.24. The van der Waals surface area contributed by atoms with Crippen molar-refractivity contribution in [2.24, 2.45) is 0 Å². The number of rotatable bonds is 3. The van der Waals surface area contributed by atoms with Crippen LogP contribution >= 0.6 is 11.3 Å². The second kappa shape index (κ2) is 5.91. The summed E-state index contributed by atoms with van der Waals surface area (Å²) in [4.78, 5) is 19.5. The van der Waals surface area contributed by atoms with Crippen LogP contribution in [0, 0.1) is 0 Å². The van der Waals surface area contributed by atoms with Crippen LogP contribution in [0.25, 0.3) is 10.2 Å². The van der Waals surface area contributed by atoms with Crippen molar-refractivity contribution in [2.45, 2.75) is 38.3 Å². The molecule has 0 unspecified atom stereocenters. The van der Waals surface area contributed by atoms with E-state index >= 15 is 0 Å². The summed E-state index contributed by atoms with van der Waals surface area (Å²) >= 11 is 1.65. The maximum absolute atomic E-state index is 12.8. The highest BCUT2D eigenvalue weighted by atomic mass is 32.1. The molecule has 2 aromatic heterocycles. The summed E-state index contributed by atoms with van der Waals surface area (Å²) in [5, 5.41) is 11.1. The van der Waals surface area contributed by atoms with Crippen molar-refractivity contribution >= 4 is 21.6 Å². The third kappa shape index (κ3) is 2.60. The van der Waals surface area contributed by atoms with E-state index in [1.807, 2.05) is 30.3 Å². The van der Waals surface area contributed by atoms with E-state index in [1.54, 1.807) is 22.2 Å². The van der Waals surface area contributed by atoms with Gasteiger partial charge in [-0.25, -0.2) is 4.98 Å². The first-order chi connectivity index (χ1) is 11.2. The molecule has 0 aliphatic heterocycles. The first-order valence-electron chi connectivity index (χ1n) is 7.97. The molecule has 0 bridgehead atoms. The standard InChI is InChI=1S/C18H18N2O2S/c21-14(12-6-2-1-3-7-12)10-20-11-19-17-16(18(20)22)13-8-4-5-9-15(13)23-17/h1-3,6-7,11,14,21H,4-5,8-10H2/t14-/m1/s1. The van der Waals surface area contributed by atoms with Crippen LogP contribution in [0.15, 0.2) is 41.5 Å². The van der Waals surface area contributed by atoms with Gasteiger partial charge in [0, 0.05) is 4.88 Å². The predicted molar refractivity (Wildman–Crippen MR) is 91.9 cm³/mol. The Morgan fingerprint density at radius 3 is 2.83 bits per heavy atom. The van der Waals surface area contributed by atoms with Gasteiger partial charge in [0.05, 0.1) is 24.4 Å². The second-order valence-corrected chi connectivity index (χ2v) is 7.10. The molecule has 0 spiro atoms. The van der Waals surface area contributed by atoms with Gasteiger partial charge in [0.2, 0.25) is 0 Å². The molecule has 3 aromatic rings. The normalized spacial score (nSPS) is 15.5. The highest BCUT2D eigenvalue weighted by Gasteiger charge is 2.20. The van der Waals surface area contributed by atoms with Gasteiger partial charge in [-0.2, -0.15) is 0 Å². The van der Waals surface area contributed by atoms with Gasteiger partial charge in [0.15, 0.2) is 0 Å². The summed E-state index contributed by atoms with van der Waals surface area (Å²) in [6.07, 6.45) is 5.22. The van der Waals surface area contributed by atoms with Crippen LogP contribution in [0.4, 0.5) is 0 Å². The average molecular weight is 326 g/mol. The number of hydrogen-bond acceptors (Lipinski definition) is 4. The molecule has 1 atom stereocenters. The zero-order valence-corrected chi connectivity index (χ0v) is 13.6. The highest BCUT2D eigenvalue weighted by Crippen LogP contribution is 2.33. The summed E-state index contributed by atoms with van der Waals surface area (Å²) in [5.74, 6) is 0. The number of aryl methyl sites for hydroxylation is 2. The van der Waals surface area contributed by atoms with Crippen molar-refractivity contribution in [3.05, 3.63) is 63.0 Å². The summed E-state index contributed by atoms with van der Waals surface area (Å²) in [5.41, 5.74) is 1.98. The van der Waals surface area contributed by atoms with Gasteiger partial charge in [-0.3, -0.25) is 9.36 Å². The number of aromatic nitrogens is 2. The molecule has 0 amide bonds. The largest absolute Gasteiger partial charge is 0.387 e. The summed E-state index contributed by atoms with van der Waals surface area (Å²) in [7, 11) is 0. The summed E-state index contributed by atoms with van der Waals surface area (Å²) in [6, 6.07) is 9.42. The van der Waals surface area contributed by atoms with Crippen molar-refractivity contribution in [3.8, 4) is 0 Å². The van der Waals surface area contributed by atoms with Gasteiger partial charge in [0.25, 0.3) is 5.56 Å². The highest BCUT2D eigenvalue weighted by molar-refractivity contribution is 7.18. The molecule has 2 heterocycles. The molecule has 1 aliphatic rings. The Labute approximate surface area is 138 Å². The van der Waals surface area contributed by atoms with Crippen LogP contribution in [-0.2, 0) is 19.4 Å². The van der Waals surface area contributed by atoms with E-state index in [0.29, 0.717) is 0 Å². The zero-order valence-electron chi connectivity index (χ0n) is 12.7. The Hall–Kier alpha value is -1.98. The van der Waals surface area contributed by atoms with Crippen molar-refractivity contribution in [1.82, 2.24) is 9.55 Å². The molecule has 5 heteroatoms. The molecule has 118 valence electrons. The number of aliphatic hydroxyl groups is 1. The zero-order chi connectivity index (χ0) is 15.8. The van der Waals surface area contributed by atoms with Crippen molar-refractivity contribution in [3.63, 3.8) is 0 Å². The van der Waals surface area contributed by atoms with E-state index in [1.165, 1.54) is 16.9 Å². The smallest absolute Gasteiger partial charge is 0.262 e. The van der Waals surface area contributed by atoms with Gasteiger partial charge in [-0.05, 0) is 36.8 Å². The van der Waals surface area contributed by atoms with Crippen molar-refractivity contribution in [2.75, 3.05) is 0 Å². The number of thiophene rings is 1. The average Bonchev–Trinajstić information content (AvgIpc) is 2.97. The van der Waals surface area contributed by atoms with Crippen molar-refractivity contribution in [1.29, 1.82) is 0 Å². The van der Waals surface area contributed by atoms with Gasteiger partial charge >= 0.3 is 0 Å². The minimum Gasteiger partial charge on any atom is -0.387 e. The quantitative estimate of drug-likeness (QED) is 0.805. The number of fused-ring (bicyclic) bond motifs is 3. The first-order valence-corrected chi connectivity index (χ1v) is 8.78. The molecular formula is C18H18N2O2S. The fourth-order valence-electron chi connectivity index (χ4n) is 3.28. The fourth-order valence-corrected chi connectivity index (χ4v) is 4.50. The second-order valence-electron chi connectivity index (χ2n) is 6.02. The van der Waals surface area contributed by atoms with E-state index in [-0.39, 0.29) is 12.1 Å². The van der Waals surface area contributed by atoms with Gasteiger partial charge in [0.1, 0.15) is 4.83 Å². The number of benzene rings is 1. The molecule has 4 rings (SSSR count). The Kier molecular flexibility index (Phi) is 3.75. The number of nitrogens with zero attached hydrogens (tertiary/aromatic N) is 2. The summed E-state index contributed by atoms with van der Waals surface area (Å²) in [6.45, 7) is 0.233. The minimum absolute atomic E-state index is 0.0237. The maximum Gasteiger partial charge on any atom is 0.262 e. The Bertz CT molecular complexity index is 899. The van der Waals surface area contributed by atoms with E-state index in [4.69, 9.17) is 0 Å². The SMILES string of the molecule is O=c1c2c3c(sc2ncn1C[C@@H](O)c1ccccc1)CCCC3. The molecular weight excluding hydrogens is 308 g/mol. The van der Waals surface area contributed by atoms with Crippen LogP contribution in [0.2, 0.25) is 0 Å². The molecule has 0 saturated heterocycles. The van der Waals surface area contributed by atoms with E-state index in [2.05, 4.69) is 4.98 Å². The Morgan fingerprint density at radius 2 is 2.00 bits per heavy atom. The molecule has 23 heavy (non-hydrogen) atoms. The van der Waals surface area contributed by atoms with Crippen LogP contribution in [-0.4, -0.2) is 14.7 Å². The molecule has 1 aromatic carbocycles. The van der Waals surface area contributed by atoms with Crippen LogP contribution < -0.4 is 5.56 Å². The first kappa shape index (κ1) is 14.6. The predicted octanol–water partition coefficient (Wildman–Crippen LogP) is 3.07. The summed E-state index contributed by atoms with van der Waals surface area (Å²) < 4.78 is 1.54. The Balaban J connectivity index is 1.74. The van der Waals surface area contributed by atoms with E-state index in [9.17, 15) is 9.90 Å². The Morgan fingerprint density at radius 1 is 1.22 bits per heavy atom. The lowest BCUT2D eigenvalue weighted by atomic mass is 9.97. The van der Waals surface area contributed by atoms with E-state index < -0.39 is 6.10 Å². The molecule has 0 radical (unpaired) electrons. The fraction of sp³-hybridized carbons (Fsp3) is 0.333. The van der Waals surface area contributed by atoms with Crippen LogP contribution in [0.1, 0.15) is 34.9 Å².